The average Bonchev–Trinajstić information content (AvgIpc) is 3.33. The van der Waals surface area contributed by atoms with Crippen LogP contribution in [0.25, 0.3) is 0 Å². The van der Waals surface area contributed by atoms with Gasteiger partial charge in [-0.15, -0.1) is 5.10 Å². The lowest BCUT2D eigenvalue weighted by Crippen LogP contribution is -2.32. The molecule has 3 heterocycles. The van der Waals surface area contributed by atoms with Crippen molar-refractivity contribution in [2.75, 3.05) is 38.2 Å². The fourth-order valence-corrected chi connectivity index (χ4v) is 6.28. The van der Waals surface area contributed by atoms with E-state index >= 15 is 0 Å². The van der Waals surface area contributed by atoms with Crippen LogP contribution in [0.3, 0.4) is 0 Å². The standard InChI is InChI=1S/C23H30N4O2S/c28-30(21-4-2-1-3-5-21)23-7-6-22(25-26-23)24-20-12-18-15-27(16-19(18)13-20)14-17-8-10-29-11-9-17/h1-7,17-20H,8-16H2,(H,24,25)/t18-,19+,20+,30?. The fourth-order valence-electron chi connectivity index (χ4n) is 5.33. The normalized spacial score (nSPS) is 28.4. The molecule has 2 saturated heterocycles. The number of hydrogen-bond donors (Lipinski definition) is 1. The zero-order valence-corrected chi connectivity index (χ0v) is 18.1. The van der Waals surface area contributed by atoms with Gasteiger partial charge in [0.1, 0.15) is 5.82 Å². The van der Waals surface area contributed by atoms with Crippen LogP contribution in [0.15, 0.2) is 52.4 Å². The first-order chi connectivity index (χ1) is 14.7. The van der Waals surface area contributed by atoms with Crippen LogP contribution in [0.2, 0.25) is 0 Å². The molecule has 5 rings (SSSR count). The second-order valence-electron chi connectivity index (χ2n) is 8.95. The Kier molecular flexibility index (Phi) is 6.22. The van der Waals surface area contributed by atoms with Crippen LogP contribution in [-0.4, -0.2) is 58.5 Å². The maximum absolute atomic E-state index is 12.6. The third-order valence-electron chi connectivity index (χ3n) is 6.82. The van der Waals surface area contributed by atoms with E-state index in [4.69, 9.17) is 4.74 Å². The molecule has 0 radical (unpaired) electrons. The van der Waals surface area contributed by atoms with E-state index in [0.29, 0.717) is 11.1 Å². The van der Waals surface area contributed by atoms with Gasteiger partial charge in [0.15, 0.2) is 4.90 Å². The van der Waals surface area contributed by atoms with Gasteiger partial charge in [0, 0.05) is 56.1 Å². The highest BCUT2D eigenvalue weighted by Crippen LogP contribution is 2.39. The van der Waals surface area contributed by atoms with Gasteiger partial charge in [-0.2, -0.15) is 0 Å². The number of anilines is 1. The molecule has 3 fully saturated rings. The zero-order valence-electron chi connectivity index (χ0n) is 17.3. The van der Waals surface area contributed by atoms with Crippen molar-refractivity contribution < 1.29 is 9.29 Å². The Morgan fingerprint density at radius 3 is 2.40 bits per heavy atom. The maximum atomic E-state index is 12.6. The van der Waals surface area contributed by atoms with Crippen molar-refractivity contribution in [2.45, 2.75) is 41.6 Å². The van der Waals surface area contributed by atoms with E-state index in [0.717, 1.165) is 41.7 Å². The summed E-state index contributed by atoms with van der Waals surface area (Å²) in [5.41, 5.74) is 0. The van der Waals surface area contributed by atoms with Gasteiger partial charge in [0.05, 0.1) is 0 Å². The minimum Gasteiger partial charge on any atom is -0.605 e. The second-order valence-corrected chi connectivity index (χ2v) is 10.4. The van der Waals surface area contributed by atoms with Crippen LogP contribution >= 0.6 is 0 Å². The van der Waals surface area contributed by atoms with Crippen LogP contribution in [0.5, 0.6) is 0 Å². The van der Waals surface area contributed by atoms with E-state index < -0.39 is 11.2 Å². The summed E-state index contributed by atoms with van der Waals surface area (Å²) in [6, 6.07) is 13.6. The predicted molar refractivity (Wildman–Crippen MR) is 117 cm³/mol. The van der Waals surface area contributed by atoms with Crippen LogP contribution < -0.4 is 5.32 Å². The molecular formula is C23H30N4O2S. The smallest absolute Gasteiger partial charge is 0.269 e. The first-order valence-corrected chi connectivity index (χ1v) is 12.3. The number of hydrogen-bond acceptors (Lipinski definition) is 6. The van der Waals surface area contributed by atoms with Crippen molar-refractivity contribution in [1.82, 2.24) is 15.1 Å². The monoisotopic (exact) mass is 426 g/mol. The summed E-state index contributed by atoms with van der Waals surface area (Å²) in [7, 11) is 0. The topological polar surface area (TPSA) is 73.3 Å². The number of nitrogens with zero attached hydrogens (tertiary/aromatic N) is 3. The molecule has 4 atom stereocenters. The molecule has 2 aromatic rings. The lowest BCUT2D eigenvalue weighted by Gasteiger charge is -2.27. The summed E-state index contributed by atoms with van der Waals surface area (Å²) in [6.07, 6.45) is 4.85. The highest BCUT2D eigenvalue weighted by atomic mass is 32.2. The molecule has 0 amide bonds. The Morgan fingerprint density at radius 2 is 1.73 bits per heavy atom. The minimum absolute atomic E-state index is 0.463. The van der Waals surface area contributed by atoms with E-state index in [2.05, 4.69) is 20.4 Å². The highest BCUT2D eigenvalue weighted by molar-refractivity contribution is 7.91. The Hall–Kier alpha value is -1.67. The van der Waals surface area contributed by atoms with Crippen molar-refractivity contribution >= 4 is 17.0 Å². The van der Waals surface area contributed by atoms with E-state index in [9.17, 15) is 4.55 Å². The van der Waals surface area contributed by atoms with E-state index in [-0.39, 0.29) is 0 Å². The van der Waals surface area contributed by atoms with Gasteiger partial charge in [0.25, 0.3) is 5.03 Å². The van der Waals surface area contributed by atoms with Crippen LogP contribution in [0.4, 0.5) is 5.82 Å². The lowest BCUT2D eigenvalue weighted by atomic mass is 10.00. The number of nitrogens with one attached hydrogen (secondary N) is 1. The van der Waals surface area contributed by atoms with Gasteiger partial charge >= 0.3 is 0 Å². The molecule has 1 aromatic carbocycles. The molecule has 7 heteroatoms. The molecule has 6 nitrogen and oxygen atoms in total. The third kappa shape index (κ3) is 4.64. The first kappa shape index (κ1) is 20.2. The molecule has 2 aliphatic heterocycles. The zero-order chi connectivity index (χ0) is 20.3. The van der Waals surface area contributed by atoms with Crippen molar-refractivity contribution in [3.05, 3.63) is 42.5 Å². The summed E-state index contributed by atoms with van der Waals surface area (Å²) in [5, 5.41) is 12.6. The Labute approximate surface area is 181 Å². The van der Waals surface area contributed by atoms with Crippen LogP contribution in [-0.2, 0) is 15.9 Å². The van der Waals surface area contributed by atoms with E-state index in [1.54, 1.807) is 0 Å². The molecular weight excluding hydrogens is 396 g/mol. The summed E-state index contributed by atoms with van der Waals surface area (Å²) in [6.45, 7) is 5.61. The minimum atomic E-state index is -1.29. The molecule has 0 spiro atoms. The number of fused-ring (bicyclic) bond motifs is 1. The van der Waals surface area contributed by atoms with Gasteiger partial charge in [-0.25, -0.2) is 0 Å². The number of benzene rings is 1. The molecule has 1 unspecified atom stereocenters. The largest absolute Gasteiger partial charge is 0.605 e. The number of aromatic nitrogens is 2. The lowest BCUT2D eigenvalue weighted by molar-refractivity contribution is 0.0545. The molecule has 1 saturated carbocycles. The summed E-state index contributed by atoms with van der Waals surface area (Å²) < 4.78 is 18.1. The molecule has 1 aliphatic carbocycles. The predicted octanol–water partition coefficient (Wildman–Crippen LogP) is 3.19. The molecule has 3 aliphatic rings. The molecule has 0 bridgehead atoms. The third-order valence-corrected chi connectivity index (χ3v) is 8.12. The molecule has 1 aromatic heterocycles. The van der Waals surface area contributed by atoms with Crippen molar-refractivity contribution in [3.63, 3.8) is 0 Å². The average molecular weight is 427 g/mol. The van der Waals surface area contributed by atoms with E-state index in [1.165, 1.54) is 45.3 Å². The molecule has 30 heavy (non-hydrogen) atoms. The Morgan fingerprint density at radius 1 is 1.00 bits per heavy atom. The number of ether oxygens (including phenoxy) is 1. The summed E-state index contributed by atoms with van der Waals surface area (Å²) in [4.78, 5) is 3.44. The van der Waals surface area contributed by atoms with E-state index in [1.807, 2.05) is 42.5 Å². The SMILES string of the molecule is [O-][S+](c1ccccc1)c1ccc(N[C@H]2C[C@@H]3CN(CC4CCOCC4)C[C@@H]3C2)nn1. The number of rotatable bonds is 6. The first-order valence-electron chi connectivity index (χ1n) is 11.1. The van der Waals surface area contributed by atoms with Crippen LogP contribution in [0, 0.1) is 17.8 Å². The molecule has 1 N–H and O–H groups in total. The second kappa shape index (κ2) is 9.22. The van der Waals surface area contributed by atoms with Crippen LogP contribution in [0.1, 0.15) is 25.7 Å². The van der Waals surface area contributed by atoms with Crippen molar-refractivity contribution in [2.24, 2.45) is 17.8 Å². The van der Waals surface area contributed by atoms with Crippen molar-refractivity contribution in [1.29, 1.82) is 0 Å². The number of likely N-dealkylation sites (tertiary alicyclic amines) is 1. The van der Waals surface area contributed by atoms with Gasteiger partial charge in [-0.05, 0) is 61.6 Å². The quantitative estimate of drug-likeness (QED) is 0.715. The highest BCUT2D eigenvalue weighted by Gasteiger charge is 2.41. The van der Waals surface area contributed by atoms with Gasteiger partial charge < -0.3 is 19.5 Å². The maximum Gasteiger partial charge on any atom is 0.269 e. The van der Waals surface area contributed by atoms with Gasteiger partial charge in [-0.3, -0.25) is 0 Å². The van der Waals surface area contributed by atoms with Gasteiger partial charge in [-0.1, -0.05) is 23.3 Å². The summed E-state index contributed by atoms with van der Waals surface area (Å²) in [5.74, 6) is 3.19. The molecule has 160 valence electrons. The van der Waals surface area contributed by atoms with Crippen molar-refractivity contribution in [3.8, 4) is 0 Å². The Balaban J connectivity index is 1.11. The Bertz CT molecular complexity index is 802. The summed E-state index contributed by atoms with van der Waals surface area (Å²) >= 11 is -1.29. The van der Waals surface area contributed by atoms with Gasteiger partial charge in [0.2, 0.25) is 0 Å². The fraction of sp³-hybridized carbons (Fsp3) is 0.565.